The van der Waals surface area contributed by atoms with E-state index in [2.05, 4.69) is 0 Å². The molecule has 1 atom stereocenters. The molecule has 0 saturated carbocycles. The Morgan fingerprint density at radius 3 is 2.38 bits per heavy atom. The number of carboxylic acids is 1. The molecule has 1 aromatic rings. The van der Waals surface area contributed by atoms with E-state index in [-0.39, 0.29) is 12.2 Å². The molecule has 0 bridgehead atoms. The number of aromatic hydroxyl groups is 1. The number of phenols is 1. The fourth-order valence-corrected chi connectivity index (χ4v) is 0.955. The van der Waals surface area contributed by atoms with E-state index in [1.807, 2.05) is 0 Å². The monoisotopic (exact) mass is 180 g/mol. The summed E-state index contributed by atoms with van der Waals surface area (Å²) in [7, 11) is 0. The van der Waals surface area contributed by atoms with Gasteiger partial charge in [-0.25, -0.2) is 5.73 Å². The van der Waals surface area contributed by atoms with Gasteiger partial charge in [0.05, 0.1) is 0 Å². The maximum absolute atomic E-state index is 10.3. The third-order valence-corrected chi connectivity index (χ3v) is 1.67. The normalized spacial score (nSPS) is 12.4. The number of aliphatic carboxylic acids is 1. The second kappa shape index (κ2) is 3.91. The van der Waals surface area contributed by atoms with Crippen molar-refractivity contribution in [2.45, 2.75) is 12.5 Å². The van der Waals surface area contributed by atoms with E-state index in [9.17, 15) is 4.79 Å². The van der Waals surface area contributed by atoms with Crippen LogP contribution >= 0.6 is 0 Å². The minimum absolute atomic E-state index is 0.139. The molecular weight excluding hydrogens is 170 g/mol. The summed E-state index contributed by atoms with van der Waals surface area (Å²) < 4.78 is 0. The summed E-state index contributed by atoms with van der Waals surface area (Å²) in [5, 5.41) is 17.4. The second-order valence-electron chi connectivity index (χ2n) is 2.76. The first kappa shape index (κ1) is 9.54. The molecule has 0 heterocycles. The Morgan fingerprint density at radius 1 is 1.38 bits per heavy atom. The topological polar surface area (TPSA) is 81.3 Å². The van der Waals surface area contributed by atoms with Gasteiger partial charge in [-0.05, 0) is 24.1 Å². The molecule has 13 heavy (non-hydrogen) atoms. The number of hydrogen-bond acceptors (Lipinski definition) is 2. The van der Waals surface area contributed by atoms with Crippen molar-refractivity contribution < 1.29 is 15.0 Å². The van der Waals surface area contributed by atoms with Crippen LogP contribution < -0.4 is 5.73 Å². The Morgan fingerprint density at radius 2 is 1.92 bits per heavy atom. The summed E-state index contributed by atoms with van der Waals surface area (Å²) >= 11 is 0. The number of rotatable bonds is 3. The summed E-state index contributed by atoms with van der Waals surface area (Å²) in [4.78, 5) is 10.3. The molecule has 0 amide bonds. The highest BCUT2D eigenvalue weighted by Gasteiger charge is 2.12. The van der Waals surface area contributed by atoms with Gasteiger partial charge in [0.25, 0.3) is 0 Å². The molecule has 0 aliphatic carbocycles. The van der Waals surface area contributed by atoms with E-state index < -0.39 is 12.0 Å². The zero-order valence-electron chi connectivity index (χ0n) is 6.90. The van der Waals surface area contributed by atoms with E-state index in [0.717, 1.165) is 5.56 Å². The number of hydrogen-bond donors (Lipinski definition) is 2. The van der Waals surface area contributed by atoms with Crippen molar-refractivity contribution in [2.75, 3.05) is 0 Å². The average Bonchev–Trinajstić information content (AvgIpc) is 2.08. The molecule has 0 fully saturated rings. The number of benzene rings is 1. The minimum atomic E-state index is -1.13. The zero-order valence-corrected chi connectivity index (χ0v) is 6.90. The van der Waals surface area contributed by atoms with Crippen molar-refractivity contribution in [3.8, 4) is 5.75 Å². The van der Waals surface area contributed by atoms with Crippen LogP contribution in [0.1, 0.15) is 5.56 Å². The van der Waals surface area contributed by atoms with Gasteiger partial charge in [-0.3, -0.25) is 4.79 Å². The van der Waals surface area contributed by atoms with Gasteiger partial charge < -0.3 is 10.2 Å². The predicted octanol–water partition coefficient (Wildman–Crippen LogP) is 0.671. The summed E-state index contributed by atoms with van der Waals surface area (Å²) in [5.41, 5.74) is 7.89. The van der Waals surface area contributed by atoms with Crippen molar-refractivity contribution in [1.29, 1.82) is 0 Å². The van der Waals surface area contributed by atoms with Gasteiger partial charge in [-0.2, -0.15) is 0 Å². The van der Waals surface area contributed by atoms with Gasteiger partial charge in [0.1, 0.15) is 11.8 Å². The van der Waals surface area contributed by atoms with Crippen LogP contribution in [0.5, 0.6) is 5.75 Å². The molecule has 0 aliphatic rings. The Labute approximate surface area is 75.6 Å². The highest BCUT2D eigenvalue weighted by atomic mass is 16.4. The van der Waals surface area contributed by atoms with Gasteiger partial charge in [0.2, 0.25) is 0 Å². The fraction of sp³-hybridized carbons (Fsp3) is 0.222. The molecule has 1 radical (unpaired) electrons. The number of phenolic OH excluding ortho intramolecular Hbond substituents is 1. The lowest BCUT2D eigenvalue weighted by atomic mass is 10.1. The number of carbonyl (C=O) groups is 1. The first-order chi connectivity index (χ1) is 6.09. The van der Waals surface area contributed by atoms with Crippen LogP contribution in [0, 0.1) is 0 Å². The molecule has 4 heteroatoms. The SMILES string of the molecule is [NH]C(Cc1ccc(O)cc1)C(=O)O. The van der Waals surface area contributed by atoms with E-state index in [0.29, 0.717) is 0 Å². The van der Waals surface area contributed by atoms with Gasteiger partial charge in [0, 0.05) is 0 Å². The maximum Gasteiger partial charge on any atom is 0.322 e. The average molecular weight is 180 g/mol. The van der Waals surface area contributed by atoms with E-state index in [1.165, 1.54) is 12.1 Å². The van der Waals surface area contributed by atoms with E-state index in [1.54, 1.807) is 12.1 Å². The lowest BCUT2D eigenvalue weighted by molar-refractivity contribution is -0.138. The van der Waals surface area contributed by atoms with E-state index in [4.69, 9.17) is 15.9 Å². The van der Waals surface area contributed by atoms with Gasteiger partial charge in [-0.15, -0.1) is 0 Å². The third kappa shape index (κ3) is 2.76. The van der Waals surface area contributed by atoms with Crippen LogP contribution in [0.25, 0.3) is 0 Å². The Hall–Kier alpha value is -1.55. The van der Waals surface area contributed by atoms with Crippen molar-refractivity contribution in [2.24, 2.45) is 0 Å². The standard InChI is InChI=1S/C9H10NO3/c10-8(9(12)13)5-6-1-3-7(11)4-2-6/h1-4,8,10-11H,5H2,(H,12,13). The van der Waals surface area contributed by atoms with E-state index >= 15 is 0 Å². The molecule has 1 aromatic carbocycles. The molecule has 0 saturated heterocycles. The quantitative estimate of drug-likeness (QED) is 0.717. The molecule has 0 aliphatic heterocycles. The maximum atomic E-state index is 10.3. The van der Waals surface area contributed by atoms with Crippen molar-refractivity contribution in [3.63, 3.8) is 0 Å². The first-order valence-corrected chi connectivity index (χ1v) is 3.81. The highest BCUT2D eigenvalue weighted by Crippen LogP contribution is 2.10. The molecular formula is C9H10NO3. The largest absolute Gasteiger partial charge is 0.508 e. The Bertz CT molecular complexity index is 294. The second-order valence-corrected chi connectivity index (χ2v) is 2.76. The lowest BCUT2D eigenvalue weighted by Crippen LogP contribution is -2.23. The smallest absolute Gasteiger partial charge is 0.322 e. The summed E-state index contributed by atoms with van der Waals surface area (Å²) in [5.74, 6) is -0.992. The van der Waals surface area contributed by atoms with Gasteiger partial charge in [0.15, 0.2) is 0 Å². The van der Waals surface area contributed by atoms with Crippen LogP contribution in [0.3, 0.4) is 0 Å². The molecule has 3 N–H and O–H groups in total. The predicted molar refractivity (Wildman–Crippen MR) is 46.3 cm³/mol. The van der Waals surface area contributed by atoms with Crippen molar-refractivity contribution in [3.05, 3.63) is 29.8 Å². The van der Waals surface area contributed by atoms with Crippen LogP contribution in [0.2, 0.25) is 0 Å². The first-order valence-electron chi connectivity index (χ1n) is 3.81. The van der Waals surface area contributed by atoms with Gasteiger partial charge >= 0.3 is 5.97 Å². The number of nitrogens with one attached hydrogen (secondary N) is 1. The van der Waals surface area contributed by atoms with Crippen LogP contribution in [0.15, 0.2) is 24.3 Å². The van der Waals surface area contributed by atoms with Crippen molar-refractivity contribution in [1.82, 2.24) is 5.73 Å². The fourth-order valence-electron chi connectivity index (χ4n) is 0.955. The third-order valence-electron chi connectivity index (χ3n) is 1.67. The summed E-state index contributed by atoms with van der Waals surface area (Å²) in [6.45, 7) is 0. The van der Waals surface area contributed by atoms with Crippen molar-refractivity contribution >= 4 is 5.97 Å². The molecule has 4 nitrogen and oxygen atoms in total. The Balaban J connectivity index is 2.64. The minimum Gasteiger partial charge on any atom is -0.508 e. The lowest BCUT2D eigenvalue weighted by Gasteiger charge is -2.04. The molecule has 69 valence electrons. The molecule has 1 rings (SSSR count). The van der Waals surface area contributed by atoms with Gasteiger partial charge in [-0.1, -0.05) is 12.1 Å². The highest BCUT2D eigenvalue weighted by molar-refractivity contribution is 5.73. The zero-order chi connectivity index (χ0) is 9.84. The Kier molecular flexibility index (Phi) is 2.87. The van der Waals surface area contributed by atoms with Crippen LogP contribution in [0.4, 0.5) is 0 Å². The van der Waals surface area contributed by atoms with Crippen LogP contribution in [-0.2, 0) is 11.2 Å². The number of carboxylic acid groups (broad SMARTS) is 1. The molecule has 1 unspecified atom stereocenters. The summed E-state index contributed by atoms with van der Waals surface area (Å²) in [6.07, 6.45) is 0.162. The molecule has 0 aromatic heterocycles. The molecule has 0 spiro atoms. The van der Waals surface area contributed by atoms with Crippen LogP contribution in [-0.4, -0.2) is 22.2 Å². The summed E-state index contributed by atoms with van der Waals surface area (Å²) in [6, 6.07) is 5.04.